The van der Waals surface area contributed by atoms with Crippen LogP contribution in [0.4, 0.5) is 0 Å². The van der Waals surface area contributed by atoms with E-state index >= 15 is 0 Å². The van der Waals surface area contributed by atoms with Crippen molar-refractivity contribution < 1.29 is 0 Å². The second-order valence-electron chi connectivity index (χ2n) is 5.85. The van der Waals surface area contributed by atoms with Crippen LogP contribution in [0, 0.1) is 0 Å². The Kier molecular flexibility index (Phi) is 4.30. The molecule has 1 aromatic heterocycles. The van der Waals surface area contributed by atoms with Crippen LogP contribution in [0.15, 0.2) is 48.9 Å². The van der Waals surface area contributed by atoms with Gasteiger partial charge in [0.25, 0.3) is 0 Å². The fourth-order valence-electron chi connectivity index (χ4n) is 3.77. The summed E-state index contributed by atoms with van der Waals surface area (Å²) in [5, 5.41) is 3.68. The van der Waals surface area contributed by atoms with Crippen molar-refractivity contribution in [2.45, 2.75) is 44.1 Å². The van der Waals surface area contributed by atoms with E-state index in [-0.39, 0.29) is 11.5 Å². The number of benzene rings is 1. The molecule has 0 radical (unpaired) electrons. The fraction of sp³-hybridized carbons (Fsp3) is 0.444. The van der Waals surface area contributed by atoms with Gasteiger partial charge in [0.05, 0.1) is 11.7 Å². The Morgan fingerprint density at radius 1 is 1.14 bits per heavy atom. The highest BCUT2D eigenvalue weighted by molar-refractivity contribution is 5.31. The first-order chi connectivity index (χ1) is 10.4. The maximum atomic E-state index is 4.59. The molecule has 1 N–H and O–H groups in total. The molecular weight excluding hydrogens is 258 g/mol. The lowest BCUT2D eigenvalue weighted by Crippen LogP contribution is -2.40. The molecule has 2 aromatic rings. The van der Waals surface area contributed by atoms with Gasteiger partial charge in [0.15, 0.2) is 0 Å². The number of hydrogen-bond donors (Lipinski definition) is 1. The van der Waals surface area contributed by atoms with Crippen molar-refractivity contribution >= 4 is 0 Å². The third-order valence-electron chi connectivity index (χ3n) is 4.68. The van der Waals surface area contributed by atoms with Gasteiger partial charge in [-0.05, 0) is 24.9 Å². The molecule has 1 aromatic carbocycles. The van der Waals surface area contributed by atoms with Crippen LogP contribution in [-0.4, -0.2) is 16.5 Å². The zero-order valence-corrected chi connectivity index (χ0v) is 12.6. The standard InChI is InChI=1S/C18H23N3/c1-2-20-17(16-14-19-12-13-21-16)18(10-6-7-11-18)15-8-4-3-5-9-15/h3-5,8-9,12-14,17,20H,2,6-7,10-11H2,1H3. The molecule has 1 heterocycles. The Labute approximate surface area is 126 Å². The molecule has 0 bridgehead atoms. The predicted molar refractivity (Wildman–Crippen MR) is 85.0 cm³/mol. The van der Waals surface area contributed by atoms with E-state index in [1.807, 2.05) is 6.20 Å². The Morgan fingerprint density at radius 2 is 1.90 bits per heavy atom. The van der Waals surface area contributed by atoms with E-state index in [1.54, 1.807) is 12.4 Å². The molecule has 3 nitrogen and oxygen atoms in total. The quantitative estimate of drug-likeness (QED) is 0.909. The second kappa shape index (κ2) is 6.35. The molecule has 3 rings (SSSR count). The summed E-state index contributed by atoms with van der Waals surface area (Å²) >= 11 is 0. The van der Waals surface area contributed by atoms with Crippen LogP contribution in [0.2, 0.25) is 0 Å². The SMILES string of the molecule is CCNC(c1cnccn1)C1(c2ccccc2)CCCC1. The average molecular weight is 281 g/mol. The fourth-order valence-corrected chi connectivity index (χ4v) is 3.77. The number of nitrogens with one attached hydrogen (secondary N) is 1. The topological polar surface area (TPSA) is 37.8 Å². The summed E-state index contributed by atoms with van der Waals surface area (Å²) in [7, 11) is 0. The van der Waals surface area contributed by atoms with Crippen LogP contribution in [0.25, 0.3) is 0 Å². The number of rotatable bonds is 5. The van der Waals surface area contributed by atoms with Crippen LogP contribution in [0.5, 0.6) is 0 Å². The summed E-state index contributed by atoms with van der Waals surface area (Å²) in [6.45, 7) is 3.10. The van der Waals surface area contributed by atoms with Gasteiger partial charge in [-0.15, -0.1) is 0 Å². The van der Waals surface area contributed by atoms with Gasteiger partial charge >= 0.3 is 0 Å². The molecule has 110 valence electrons. The van der Waals surface area contributed by atoms with Gasteiger partial charge in [0.2, 0.25) is 0 Å². The largest absolute Gasteiger partial charge is 0.308 e. The first-order valence-electron chi connectivity index (χ1n) is 7.91. The van der Waals surface area contributed by atoms with Gasteiger partial charge in [0, 0.05) is 24.0 Å². The molecular formula is C18H23N3. The van der Waals surface area contributed by atoms with E-state index in [9.17, 15) is 0 Å². The van der Waals surface area contributed by atoms with Gasteiger partial charge in [-0.2, -0.15) is 0 Å². The van der Waals surface area contributed by atoms with Crippen molar-refractivity contribution in [1.82, 2.24) is 15.3 Å². The summed E-state index contributed by atoms with van der Waals surface area (Å²) in [6, 6.07) is 11.2. The smallest absolute Gasteiger partial charge is 0.0765 e. The zero-order chi connectivity index (χ0) is 14.5. The highest BCUT2D eigenvalue weighted by atomic mass is 15.0. The van der Waals surface area contributed by atoms with Crippen LogP contribution in [0.1, 0.15) is 49.9 Å². The Bertz CT molecular complexity index is 547. The third-order valence-corrected chi connectivity index (χ3v) is 4.68. The minimum atomic E-state index is 0.146. The highest BCUT2D eigenvalue weighted by Gasteiger charge is 2.43. The van der Waals surface area contributed by atoms with E-state index in [0.29, 0.717) is 0 Å². The molecule has 1 aliphatic carbocycles. The van der Waals surface area contributed by atoms with Crippen molar-refractivity contribution in [2.75, 3.05) is 6.54 Å². The maximum absolute atomic E-state index is 4.59. The van der Waals surface area contributed by atoms with Crippen LogP contribution >= 0.6 is 0 Å². The molecule has 0 aliphatic heterocycles. The van der Waals surface area contributed by atoms with Crippen LogP contribution < -0.4 is 5.32 Å². The number of aromatic nitrogens is 2. The lowest BCUT2D eigenvalue weighted by atomic mass is 9.71. The lowest BCUT2D eigenvalue weighted by Gasteiger charge is -2.38. The lowest BCUT2D eigenvalue weighted by molar-refractivity contribution is 0.298. The predicted octanol–water partition coefficient (Wildman–Crippen LogP) is 3.64. The molecule has 0 spiro atoms. The van der Waals surface area contributed by atoms with Gasteiger partial charge in [-0.25, -0.2) is 0 Å². The Hall–Kier alpha value is -1.74. The minimum absolute atomic E-state index is 0.146. The van der Waals surface area contributed by atoms with E-state index in [1.165, 1.54) is 31.2 Å². The van der Waals surface area contributed by atoms with Gasteiger partial charge in [-0.3, -0.25) is 9.97 Å². The number of nitrogens with zero attached hydrogens (tertiary/aromatic N) is 2. The molecule has 1 saturated carbocycles. The summed E-state index contributed by atoms with van der Waals surface area (Å²) in [5.74, 6) is 0. The van der Waals surface area contributed by atoms with Crippen molar-refractivity contribution in [3.8, 4) is 0 Å². The summed E-state index contributed by atoms with van der Waals surface area (Å²) in [4.78, 5) is 8.87. The van der Waals surface area contributed by atoms with E-state index < -0.39 is 0 Å². The monoisotopic (exact) mass is 281 g/mol. The van der Waals surface area contributed by atoms with Crippen molar-refractivity contribution in [1.29, 1.82) is 0 Å². The van der Waals surface area contributed by atoms with E-state index in [0.717, 1.165) is 12.2 Å². The van der Waals surface area contributed by atoms with E-state index in [4.69, 9.17) is 0 Å². The number of likely N-dealkylation sites (N-methyl/N-ethyl adjacent to an activating group) is 1. The van der Waals surface area contributed by atoms with E-state index in [2.05, 4.69) is 52.5 Å². The molecule has 1 fully saturated rings. The summed E-state index contributed by atoms with van der Waals surface area (Å²) in [6.07, 6.45) is 10.5. The van der Waals surface area contributed by atoms with Crippen LogP contribution in [0.3, 0.4) is 0 Å². The Morgan fingerprint density at radius 3 is 2.52 bits per heavy atom. The molecule has 1 unspecified atom stereocenters. The molecule has 3 heteroatoms. The molecule has 21 heavy (non-hydrogen) atoms. The van der Waals surface area contributed by atoms with Crippen molar-refractivity contribution in [3.63, 3.8) is 0 Å². The molecule has 0 saturated heterocycles. The second-order valence-corrected chi connectivity index (χ2v) is 5.85. The van der Waals surface area contributed by atoms with Crippen molar-refractivity contribution in [2.24, 2.45) is 0 Å². The van der Waals surface area contributed by atoms with Gasteiger partial charge in [0.1, 0.15) is 0 Å². The van der Waals surface area contributed by atoms with Gasteiger partial charge in [-0.1, -0.05) is 50.1 Å². The summed E-state index contributed by atoms with van der Waals surface area (Å²) < 4.78 is 0. The molecule has 0 amide bonds. The summed E-state index contributed by atoms with van der Waals surface area (Å²) in [5.41, 5.74) is 2.64. The maximum Gasteiger partial charge on any atom is 0.0765 e. The third kappa shape index (κ3) is 2.70. The van der Waals surface area contributed by atoms with Crippen LogP contribution in [-0.2, 0) is 5.41 Å². The van der Waals surface area contributed by atoms with Gasteiger partial charge < -0.3 is 5.32 Å². The highest BCUT2D eigenvalue weighted by Crippen LogP contribution is 2.49. The molecule has 1 atom stereocenters. The Balaban J connectivity index is 2.05. The minimum Gasteiger partial charge on any atom is -0.308 e. The van der Waals surface area contributed by atoms with Crippen molar-refractivity contribution in [3.05, 3.63) is 60.2 Å². The molecule has 1 aliphatic rings. The first kappa shape index (κ1) is 14.2. The normalized spacial score (nSPS) is 18.5. The number of hydrogen-bond acceptors (Lipinski definition) is 3. The zero-order valence-electron chi connectivity index (χ0n) is 12.6. The first-order valence-corrected chi connectivity index (χ1v) is 7.91. The average Bonchev–Trinajstić information content (AvgIpc) is 3.05.